The number of nitrogens with zero attached hydrogens (tertiary/aromatic N) is 2. The summed E-state index contributed by atoms with van der Waals surface area (Å²) in [4.78, 5) is 8.30. The highest BCUT2D eigenvalue weighted by molar-refractivity contribution is 5.36. The van der Waals surface area contributed by atoms with Crippen LogP contribution >= 0.6 is 0 Å². The van der Waals surface area contributed by atoms with Gasteiger partial charge in [-0.25, -0.2) is 4.98 Å². The maximum atomic E-state index is 9.05. The Morgan fingerprint density at radius 3 is 2.83 bits per heavy atom. The van der Waals surface area contributed by atoms with Gasteiger partial charge in [0.2, 0.25) is 5.88 Å². The molecule has 0 aliphatic carbocycles. The Morgan fingerprint density at radius 2 is 2.11 bits per heavy atom. The van der Waals surface area contributed by atoms with Crippen LogP contribution in [0.1, 0.15) is 18.3 Å². The van der Waals surface area contributed by atoms with E-state index in [0.29, 0.717) is 29.7 Å². The van der Waals surface area contributed by atoms with Gasteiger partial charge < -0.3 is 15.6 Å². The average Bonchev–Trinajstić information content (AvgIpc) is 2.38. The van der Waals surface area contributed by atoms with E-state index in [0.717, 1.165) is 5.56 Å². The number of aryl methyl sites for hydroxylation is 1. The number of aliphatic hydroxyl groups is 1. The second kappa shape index (κ2) is 5.46. The van der Waals surface area contributed by atoms with E-state index in [1.807, 2.05) is 19.1 Å². The van der Waals surface area contributed by atoms with E-state index >= 15 is 0 Å². The lowest BCUT2D eigenvalue weighted by molar-refractivity contribution is 0.281. The highest BCUT2D eigenvalue weighted by atomic mass is 16.5. The van der Waals surface area contributed by atoms with Crippen molar-refractivity contribution in [1.29, 1.82) is 0 Å². The maximum absolute atomic E-state index is 9.05. The van der Waals surface area contributed by atoms with Crippen molar-refractivity contribution in [2.45, 2.75) is 20.0 Å². The van der Waals surface area contributed by atoms with Crippen LogP contribution in [0.4, 0.5) is 5.82 Å². The molecule has 0 spiro atoms. The largest absolute Gasteiger partial charge is 0.439 e. The molecule has 5 heteroatoms. The Kier molecular flexibility index (Phi) is 3.74. The number of ether oxygens (including phenoxy) is 1. The van der Waals surface area contributed by atoms with Crippen LogP contribution in [0.25, 0.3) is 0 Å². The molecule has 3 N–H and O–H groups in total. The van der Waals surface area contributed by atoms with Gasteiger partial charge >= 0.3 is 0 Å². The number of aromatic nitrogens is 2. The second-order valence-electron chi connectivity index (χ2n) is 3.81. The summed E-state index contributed by atoms with van der Waals surface area (Å²) in [6, 6.07) is 8.75. The maximum Gasteiger partial charge on any atom is 0.224 e. The summed E-state index contributed by atoms with van der Waals surface area (Å²) < 4.78 is 5.60. The van der Waals surface area contributed by atoms with Crippen molar-refractivity contribution >= 4 is 5.82 Å². The first-order valence-corrected chi connectivity index (χ1v) is 5.72. The molecule has 0 amide bonds. The Morgan fingerprint density at radius 1 is 1.28 bits per heavy atom. The monoisotopic (exact) mass is 245 g/mol. The van der Waals surface area contributed by atoms with E-state index in [2.05, 4.69) is 9.97 Å². The molecule has 0 atom stereocenters. The van der Waals surface area contributed by atoms with Crippen LogP contribution in [-0.2, 0) is 13.0 Å². The second-order valence-corrected chi connectivity index (χ2v) is 3.81. The summed E-state index contributed by atoms with van der Waals surface area (Å²) >= 11 is 0. The Balaban J connectivity index is 2.24. The van der Waals surface area contributed by atoms with Crippen molar-refractivity contribution in [2.75, 3.05) is 5.73 Å². The van der Waals surface area contributed by atoms with Crippen LogP contribution in [0.15, 0.2) is 30.3 Å². The minimum Gasteiger partial charge on any atom is -0.439 e. The lowest BCUT2D eigenvalue weighted by Crippen LogP contribution is -2.00. The lowest BCUT2D eigenvalue weighted by Gasteiger charge is -2.07. The number of aliphatic hydroxyl groups excluding tert-OH is 1. The first-order valence-electron chi connectivity index (χ1n) is 5.72. The molecule has 1 aromatic heterocycles. The number of rotatable bonds is 4. The summed E-state index contributed by atoms with van der Waals surface area (Å²) in [7, 11) is 0. The summed E-state index contributed by atoms with van der Waals surface area (Å²) in [6.07, 6.45) is 0.693. The van der Waals surface area contributed by atoms with E-state index in [1.54, 1.807) is 18.2 Å². The fraction of sp³-hybridized carbons (Fsp3) is 0.231. The molecule has 0 bridgehead atoms. The molecule has 2 rings (SSSR count). The number of anilines is 1. The normalized spacial score (nSPS) is 10.3. The van der Waals surface area contributed by atoms with Gasteiger partial charge in [0.1, 0.15) is 17.4 Å². The Hall–Kier alpha value is -2.14. The molecular weight excluding hydrogens is 230 g/mol. The van der Waals surface area contributed by atoms with Crippen molar-refractivity contribution in [3.63, 3.8) is 0 Å². The molecule has 94 valence electrons. The van der Waals surface area contributed by atoms with Crippen LogP contribution in [-0.4, -0.2) is 15.1 Å². The van der Waals surface area contributed by atoms with Crippen molar-refractivity contribution in [3.05, 3.63) is 41.7 Å². The van der Waals surface area contributed by atoms with Gasteiger partial charge in [0.25, 0.3) is 0 Å². The van der Waals surface area contributed by atoms with Gasteiger partial charge in [-0.3, -0.25) is 0 Å². The van der Waals surface area contributed by atoms with Crippen molar-refractivity contribution in [1.82, 2.24) is 9.97 Å². The highest BCUT2D eigenvalue weighted by Crippen LogP contribution is 2.21. The summed E-state index contributed by atoms with van der Waals surface area (Å²) in [5, 5.41) is 9.05. The van der Waals surface area contributed by atoms with Crippen molar-refractivity contribution in [3.8, 4) is 11.6 Å². The molecule has 0 radical (unpaired) electrons. The zero-order valence-electron chi connectivity index (χ0n) is 10.1. The fourth-order valence-electron chi connectivity index (χ4n) is 1.53. The number of nitrogen functional groups attached to an aromatic ring is 1. The molecule has 0 aliphatic rings. The summed E-state index contributed by atoms with van der Waals surface area (Å²) in [5.41, 5.74) is 6.46. The van der Waals surface area contributed by atoms with Gasteiger partial charge in [0.15, 0.2) is 0 Å². The minimum absolute atomic E-state index is 0.0245. The molecule has 0 aliphatic heterocycles. The van der Waals surface area contributed by atoms with E-state index < -0.39 is 0 Å². The van der Waals surface area contributed by atoms with E-state index in [9.17, 15) is 0 Å². The highest BCUT2D eigenvalue weighted by Gasteiger charge is 2.04. The fourth-order valence-corrected chi connectivity index (χ4v) is 1.53. The SMILES string of the molecule is CCc1nc(N)cc(Oc2cccc(CO)c2)n1. The number of hydrogen-bond acceptors (Lipinski definition) is 5. The molecule has 18 heavy (non-hydrogen) atoms. The molecule has 0 fully saturated rings. The van der Waals surface area contributed by atoms with E-state index in [-0.39, 0.29) is 6.61 Å². The molecule has 2 aromatic rings. The van der Waals surface area contributed by atoms with E-state index in [4.69, 9.17) is 15.6 Å². The number of hydrogen-bond donors (Lipinski definition) is 2. The smallest absolute Gasteiger partial charge is 0.224 e. The minimum atomic E-state index is -0.0245. The molecule has 0 saturated heterocycles. The summed E-state index contributed by atoms with van der Waals surface area (Å²) in [5.74, 6) is 2.05. The van der Waals surface area contributed by atoms with Gasteiger partial charge in [0, 0.05) is 12.5 Å². The lowest BCUT2D eigenvalue weighted by atomic mass is 10.2. The van der Waals surface area contributed by atoms with Gasteiger partial charge in [-0.15, -0.1) is 0 Å². The third-order valence-electron chi connectivity index (χ3n) is 2.39. The Bertz CT molecular complexity index is 544. The molecule has 1 aromatic carbocycles. The van der Waals surface area contributed by atoms with Crippen LogP contribution in [0.2, 0.25) is 0 Å². The van der Waals surface area contributed by atoms with E-state index in [1.165, 1.54) is 0 Å². The quantitative estimate of drug-likeness (QED) is 0.859. The number of benzene rings is 1. The van der Waals surface area contributed by atoms with Gasteiger partial charge in [-0.1, -0.05) is 19.1 Å². The molecule has 0 saturated carbocycles. The zero-order chi connectivity index (χ0) is 13.0. The summed E-state index contributed by atoms with van der Waals surface area (Å²) in [6.45, 7) is 1.92. The van der Waals surface area contributed by atoms with Gasteiger partial charge in [-0.2, -0.15) is 4.98 Å². The van der Waals surface area contributed by atoms with Crippen LogP contribution in [0.5, 0.6) is 11.6 Å². The zero-order valence-corrected chi connectivity index (χ0v) is 10.1. The van der Waals surface area contributed by atoms with Crippen LogP contribution in [0.3, 0.4) is 0 Å². The van der Waals surface area contributed by atoms with Crippen LogP contribution < -0.4 is 10.5 Å². The van der Waals surface area contributed by atoms with Crippen molar-refractivity contribution in [2.24, 2.45) is 0 Å². The van der Waals surface area contributed by atoms with Crippen molar-refractivity contribution < 1.29 is 9.84 Å². The van der Waals surface area contributed by atoms with Gasteiger partial charge in [0.05, 0.1) is 6.61 Å². The molecule has 5 nitrogen and oxygen atoms in total. The molecule has 0 unspecified atom stereocenters. The Labute approximate surface area is 105 Å². The standard InChI is InChI=1S/C13H15N3O2/c1-2-12-15-11(14)7-13(16-12)18-10-5-3-4-9(6-10)8-17/h3-7,17H,2,8H2,1H3,(H2,14,15,16). The molecule has 1 heterocycles. The number of nitrogens with two attached hydrogens (primary N) is 1. The first-order chi connectivity index (χ1) is 8.71. The molecular formula is C13H15N3O2. The predicted molar refractivity (Wildman–Crippen MR) is 68.3 cm³/mol. The predicted octanol–water partition coefficient (Wildman–Crippen LogP) is 1.91. The first kappa shape index (κ1) is 12.3. The topological polar surface area (TPSA) is 81.3 Å². The van der Waals surface area contributed by atoms with Gasteiger partial charge in [-0.05, 0) is 17.7 Å². The average molecular weight is 245 g/mol. The third-order valence-corrected chi connectivity index (χ3v) is 2.39. The third kappa shape index (κ3) is 2.95. The van der Waals surface area contributed by atoms with Crippen LogP contribution in [0, 0.1) is 0 Å².